The number of rotatable bonds is 6. The Morgan fingerprint density at radius 3 is 2.39 bits per heavy atom. The van der Waals surface area contributed by atoms with Gasteiger partial charge in [0, 0.05) is 12.0 Å². The lowest BCUT2D eigenvalue weighted by atomic mass is 9.88. The second-order valence-electron chi connectivity index (χ2n) is 7.30. The van der Waals surface area contributed by atoms with Crippen molar-refractivity contribution in [1.82, 2.24) is 0 Å². The van der Waals surface area contributed by atoms with Crippen LogP contribution in [0.3, 0.4) is 0 Å². The summed E-state index contributed by atoms with van der Waals surface area (Å²) in [5, 5.41) is 11.2. The van der Waals surface area contributed by atoms with Crippen molar-refractivity contribution in [3.63, 3.8) is 0 Å². The Morgan fingerprint density at radius 1 is 1.11 bits per heavy atom. The molecule has 148 valence electrons. The summed E-state index contributed by atoms with van der Waals surface area (Å²) in [4.78, 5) is 26.6. The van der Waals surface area contributed by atoms with Crippen LogP contribution in [-0.4, -0.2) is 31.0 Å². The number of ether oxygens (including phenoxy) is 2. The van der Waals surface area contributed by atoms with Gasteiger partial charge in [-0.3, -0.25) is 9.59 Å². The zero-order valence-corrected chi connectivity index (χ0v) is 16.8. The maximum atomic E-state index is 13.2. The lowest BCUT2D eigenvalue weighted by Gasteiger charge is -2.23. The van der Waals surface area contributed by atoms with Gasteiger partial charge in [-0.15, -0.1) is 0 Å². The fourth-order valence-corrected chi connectivity index (χ4v) is 3.92. The van der Waals surface area contributed by atoms with Crippen LogP contribution in [0.25, 0.3) is 0 Å². The Labute approximate surface area is 164 Å². The van der Waals surface area contributed by atoms with Crippen molar-refractivity contribution in [1.29, 1.82) is 0 Å². The van der Waals surface area contributed by atoms with E-state index in [1.165, 1.54) is 6.92 Å². The molecule has 1 aliphatic rings. The molecule has 0 radical (unpaired) electrons. The van der Waals surface area contributed by atoms with Crippen molar-refractivity contribution in [2.45, 2.75) is 39.3 Å². The summed E-state index contributed by atoms with van der Waals surface area (Å²) in [7, 11) is 3.11. The van der Waals surface area contributed by atoms with Gasteiger partial charge in [-0.05, 0) is 44.0 Å². The van der Waals surface area contributed by atoms with Gasteiger partial charge in [0.05, 0.1) is 26.5 Å². The number of fused-ring (bicyclic) bond motifs is 1. The molecule has 0 fully saturated rings. The third kappa shape index (κ3) is 3.24. The number of aliphatic hydroxyl groups is 1. The average molecular weight is 383 g/mol. The van der Waals surface area contributed by atoms with Crippen LogP contribution in [-0.2, 0) is 21.7 Å². The maximum absolute atomic E-state index is 13.2. The van der Waals surface area contributed by atoms with E-state index in [1.54, 1.807) is 37.3 Å². The predicted octanol–water partition coefficient (Wildman–Crippen LogP) is 3.03. The van der Waals surface area contributed by atoms with Gasteiger partial charge in [0.1, 0.15) is 5.78 Å². The fraction of sp³-hybridized carbons (Fsp3) is 0.364. The summed E-state index contributed by atoms with van der Waals surface area (Å²) < 4.78 is 10.6. The molecule has 1 atom stereocenters. The van der Waals surface area contributed by atoms with E-state index in [1.807, 2.05) is 26.0 Å². The Kier molecular flexibility index (Phi) is 5.17. The van der Waals surface area contributed by atoms with Gasteiger partial charge in [-0.25, -0.2) is 0 Å². The number of methoxy groups -OCH3 is 2. The first kappa shape index (κ1) is 19.9. The third-order valence-electron chi connectivity index (χ3n) is 5.05. The normalized spacial score (nSPS) is 18.2. The van der Waals surface area contributed by atoms with E-state index in [2.05, 4.69) is 0 Å². The van der Waals surface area contributed by atoms with Gasteiger partial charge in [-0.1, -0.05) is 23.8 Å². The number of carbonyl (C=O) groups excluding carboxylic acids is 2. The van der Waals surface area contributed by atoms with E-state index in [0.29, 0.717) is 22.7 Å². The Bertz CT molecular complexity index is 952. The summed E-state index contributed by atoms with van der Waals surface area (Å²) in [5.41, 5.74) is 1.94. The van der Waals surface area contributed by atoms with E-state index < -0.39 is 11.5 Å². The fourth-order valence-electron chi connectivity index (χ4n) is 3.92. The Morgan fingerprint density at radius 2 is 1.79 bits per heavy atom. The molecule has 0 aliphatic carbocycles. The molecule has 3 rings (SSSR count). The molecule has 1 aliphatic heterocycles. The number of carbonyl (C=O) groups is 2. The number of hydrogen-bond donors (Lipinski definition) is 1. The molecular formula is C22H25NO5. The van der Waals surface area contributed by atoms with Gasteiger partial charge in [0.25, 0.3) is 5.91 Å². The number of hydrogen-bond acceptors (Lipinski definition) is 5. The first-order valence-electron chi connectivity index (χ1n) is 9.07. The van der Waals surface area contributed by atoms with Crippen LogP contribution < -0.4 is 14.4 Å². The van der Waals surface area contributed by atoms with Crippen molar-refractivity contribution in [2.75, 3.05) is 19.1 Å². The number of ketones is 1. The van der Waals surface area contributed by atoms with E-state index in [-0.39, 0.29) is 18.7 Å². The molecule has 6 heteroatoms. The van der Waals surface area contributed by atoms with Crippen molar-refractivity contribution in [3.05, 3.63) is 52.6 Å². The van der Waals surface area contributed by atoms with Crippen LogP contribution in [0.1, 0.15) is 35.6 Å². The Hall–Kier alpha value is -2.86. The lowest BCUT2D eigenvalue weighted by molar-refractivity contribution is -0.141. The molecular weight excluding hydrogens is 358 g/mol. The van der Waals surface area contributed by atoms with Crippen molar-refractivity contribution in [3.8, 4) is 11.5 Å². The van der Waals surface area contributed by atoms with E-state index in [0.717, 1.165) is 16.7 Å². The average Bonchev–Trinajstić information content (AvgIpc) is 2.83. The molecule has 2 aromatic rings. The monoisotopic (exact) mass is 383 g/mol. The molecule has 1 heterocycles. The highest BCUT2D eigenvalue weighted by Crippen LogP contribution is 2.45. The van der Waals surface area contributed by atoms with Gasteiger partial charge >= 0.3 is 0 Å². The van der Waals surface area contributed by atoms with Crippen molar-refractivity contribution in [2.24, 2.45) is 0 Å². The Balaban J connectivity index is 2.08. The topological polar surface area (TPSA) is 76.1 Å². The van der Waals surface area contributed by atoms with Crippen molar-refractivity contribution >= 4 is 17.4 Å². The highest BCUT2D eigenvalue weighted by molar-refractivity contribution is 6.09. The summed E-state index contributed by atoms with van der Waals surface area (Å²) in [6, 6.07) is 9.18. The first-order chi connectivity index (χ1) is 13.2. The molecule has 1 amide bonds. The van der Waals surface area contributed by atoms with Gasteiger partial charge in [0.15, 0.2) is 17.1 Å². The summed E-state index contributed by atoms with van der Waals surface area (Å²) >= 11 is 0. The van der Waals surface area contributed by atoms with Gasteiger partial charge < -0.3 is 19.5 Å². The first-order valence-corrected chi connectivity index (χ1v) is 9.07. The predicted molar refractivity (Wildman–Crippen MR) is 106 cm³/mol. The van der Waals surface area contributed by atoms with Crippen LogP contribution >= 0.6 is 0 Å². The summed E-state index contributed by atoms with van der Waals surface area (Å²) in [5.74, 6) is 0.431. The highest BCUT2D eigenvalue weighted by Gasteiger charge is 2.51. The number of nitrogens with zero attached hydrogens (tertiary/aromatic N) is 1. The summed E-state index contributed by atoms with van der Waals surface area (Å²) in [6.07, 6.45) is -0.246. The molecule has 28 heavy (non-hydrogen) atoms. The molecule has 6 nitrogen and oxygen atoms in total. The number of benzene rings is 2. The van der Waals surface area contributed by atoms with Gasteiger partial charge in [-0.2, -0.15) is 0 Å². The smallest absolute Gasteiger partial charge is 0.264 e. The lowest BCUT2D eigenvalue weighted by Crippen LogP contribution is -2.41. The number of Topliss-reactive ketones (excluding diaryl/α,β-unsaturated/α-hetero) is 1. The second-order valence-corrected chi connectivity index (χ2v) is 7.30. The minimum absolute atomic E-state index is 0.242. The number of aryl methyl sites for hydroxylation is 2. The van der Waals surface area contributed by atoms with E-state index in [9.17, 15) is 14.7 Å². The standard InChI is InChI=1S/C22H25NO5/c1-13-8-14(2)20-17(9-13)22(26,11-15(3)24)21(25)23(20)12-16-6-7-18(27-4)19(10-16)28-5/h6-10,26H,11-12H2,1-5H3/t22-/m1/s1. The van der Waals surface area contributed by atoms with Crippen molar-refractivity contribution < 1.29 is 24.2 Å². The van der Waals surface area contributed by atoms with Crippen LogP contribution in [0, 0.1) is 13.8 Å². The highest BCUT2D eigenvalue weighted by atomic mass is 16.5. The number of anilines is 1. The summed E-state index contributed by atoms with van der Waals surface area (Å²) in [6.45, 7) is 5.43. The molecule has 1 N–H and O–H groups in total. The van der Waals surface area contributed by atoms with Crippen LogP contribution in [0.4, 0.5) is 5.69 Å². The second kappa shape index (κ2) is 7.28. The largest absolute Gasteiger partial charge is 0.493 e. The number of amides is 1. The third-order valence-corrected chi connectivity index (χ3v) is 5.05. The quantitative estimate of drug-likeness (QED) is 0.830. The molecule has 0 unspecified atom stereocenters. The molecule has 0 saturated heterocycles. The molecule has 0 aromatic heterocycles. The van der Waals surface area contributed by atoms with Crippen LogP contribution in [0.2, 0.25) is 0 Å². The minimum Gasteiger partial charge on any atom is -0.493 e. The molecule has 0 saturated carbocycles. The van der Waals surface area contributed by atoms with E-state index in [4.69, 9.17) is 9.47 Å². The van der Waals surface area contributed by atoms with Crippen LogP contribution in [0.15, 0.2) is 30.3 Å². The SMILES string of the molecule is COc1ccc(CN2C(=O)[C@@](O)(CC(C)=O)c3cc(C)cc(C)c32)cc1OC. The molecule has 0 bridgehead atoms. The molecule has 0 spiro atoms. The van der Waals surface area contributed by atoms with Gasteiger partial charge in [0.2, 0.25) is 0 Å². The minimum atomic E-state index is -1.84. The molecule has 2 aromatic carbocycles. The van der Waals surface area contributed by atoms with Crippen LogP contribution in [0.5, 0.6) is 11.5 Å². The van der Waals surface area contributed by atoms with E-state index >= 15 is 0 Å². The zero-order chi connectivity index (χ0) is 20.6. The maximum Gasteiger partial charge on any atom is 0.264 e. The zero-order valence-electron chi connectivity index (χ0n) is 16.8.